The molecular formula is C22H22FNO4S. The Morgan fingerprint density at radius 2 is 1.55 bits per heavy atom. The fraction of sp³-hybridized carbons (Fsp3) is 0.182. The summed E-state index contributed by atoms with van der Waals surface area (Å²) in [4.78, 5) is 0.0381. The standard InChI is InChI=1S/C22H22FNO4S/c1-13(2)18-11-19(22(26)12-21(18)25)17-9-6-15(23)10-20(17)24-29(27,28)16-7-4-14(3)5-8-16/h4-13,24-26H,1-3H3. The van der Waals surface area contributed by atoms with Crippen LogP contribution in [0.25, 0.3) is 11.1 Å². The Balaban J connectivity index is 2.13. The third-order valence-electron chi connectivity index (χ3n) is 4.61. The summed E-state index contributed by atoms with van der Waals surface area (Å²) in [6, 6.07) is 12.7. The molecular weight excluding hydrogens is 393 g/mol. The molecule has 0 amide bonds. The number of anilines is 1. The van der Waals surface area contributed by atoms with Crippen LogP contribution in [0.15, 0.2) is 59.5 Å². The molecule has 3 aromatic carbocycles. The van der Waals surface area contributed by atoms with Crippen molar-refractivity contribution >= 4 is 15.7 Å². The van der Waals surface area contributed by atoms with Gasteiger partial charge in [-0.3, -0.25) is 4.72 Å². The van der Waals surface area contributed by atoms with E-state index in [9.17, 15) is 23.0 Å². The highest BCUT2D eigenvalue weighted by molar-refractivity contribution is 7.92. The van der Waals surface area contributed by atoms with Crippen LogP contribution < -0.4 is 4.72 Å². The van der Waals surface area contributed by atoms with Crippen molar-refractivity contribution in [2.45, 2.75) is 31.6 Å². The molecule has 0 heterocycles. The first-order valence-corrected chi connectivity index (χ1v) is 10.5. The molecule has 0 fully saturated rings. The van der Waals surface area contributed by atoms with Gasteiger partial charge < -0.3 is 10.2 Å². The van der Waals surface area contributed by atoms with Crippen molar-refractivity contribution in [3.63, 3.8) is 0 Å². The van der Waals surface area contributed by atoms with Gasteiger partial charge in [0.2, 0.25) is 0 Å². The van der Waals surface area contributed by atoms with Crippen molar-refractivity contribution in [1.82, 2.24) is 0 Å². The topological polar surface area (TPSA) is 86.6 Å². The Labute approximate surface area is 169 Å². The summed E-state index contributed by atoms with van der Waals surface area (Å²) in [6.45, 7) is 5.59. The van der Waals surface area contributed by atoms with Gasteiger partial charge >= 0.3 is 0 Å². The lowest BCUT2D eigenvalue weighted by atomic mass is 9.95. The third kappa shape index (κ3) is 4.35. The Bertz CT molecular complexity index is 1160. The smallest absolute Gasteiger partial charge is 0.261 e. The number of aromatic hydroxyl groups is 2. The number of phenols is 2. The molecule has 0 aliphatic carbocycles. The van der Waals surface area contributed by atoms with E-state index >= 15 is 0 Å². The van der Waals surface area contributed by atoms with Gasteiger partial charge in [0.25, 0.3) is 10.0 Å². The van der Waals surface area contributed by atoms with Crippen molar-refractivity contribution in [3.05, 3.63) is 71.5 Å². The molecule has 152 valence electrons. The van der Waals surface area contributed by atoms with Crippen LogP contribution in [0.5, 0.6) is 11.5 Å². The molecule has 3 rings (SSSR count). The number of rotatable bonds is 5. The zero-order valence-corrected chi connectivity index (χ0v) is 17.1. The van der Waals surface area contributed by atoms with Gasteiger partial charge in [0.15, 0.2) is 0 Å². The predicted molar refractivity (Wildman–Crippen MR) is 111 cm³/mol. The fourth-order valence-electron chi connectivity index (χ4n) is 3.03. The quantitative estimate of drug-likeness (QED) is 0.539. The van der Waals surface area contributed by atoms with Crippen LogP contribution in [0.2, 0.25) is 0 Å². The number of halogens is 1. The number of aryl methyl sites for hydroxylation is 1. The van der Waals surface area contributed by atoms with E-state index in [1.54, 1.807) is 18.2 Å². The summed E-state index contributed by atoms with van der Waals surface area (Å²) < 4.78 is 41.9. The average Bonchev–Trinajstić information content (AvgIpc) is 2.62. The second kappa shape index (κ2) is 7.75. The molecule has 0 aliphatic rings. The lowest BCUT2D eigenvalue weighted by Crippen LogP contribution is -2.14. The number of hydrogen-bond donors (Lipinski definition) is 3. The molecule has 0 spiro atoms. The lowest BCUT2D eigenvalue weighted by molar-refractivity contribution is 0.445. The Morgan fingerprint density at radius 3 is 2.17 bits per heavy atom. The second-order valence-corrected chi connectivity index (χ2v) is 8.87. The van der Waals surface area contributed by atoms with Crippen LogP contribution >= 0.6 is 0 Å². The van der Waals surface area contributed by atoms with E-state index in [0.717, 1.165) is 11.6 Å². The molecule has 0 radical (unpaired) electrons. The highest BCUT2D eigenvalue weighted by Gasteiger charge is 2.20. The average molecular weight is 415 g/mol. The second-order valence-electron chi connectivity index (χ2n) is 7.19. The SMILES string of the molecule is Cc1ccc(S(=O)(=O)Nc2cc(F)ccc2-c2cc(C(C)C)c(O)cc2O)cc1. The van der Waals surface area contributed by atoms with Gasteiger partial charge in [-0.25, -0.2) is 12.8 Å². The lowest BCUT2D eigenvalue weighted by Gasteiger charge is -2.17. The van der Waals surface area contributed by atoms with Crippen molar-refractivity contribution < 1.29 is 23.0 Å². The summed E-state index contributed by atoms with van der Waals surface area (Å²) in [5.41, 5.74) is 2.05. The maximum atomic E-state index is 13.9. The van der Waals surface area contributed by atoms with E-state index in [0.29, 0.717) is 11.1 Å². The van der Waals surface area contributed by atoms with Gasteiger partial charge in [-0.15, -0.1) is 0 Å². The fourth-order valence-corrected chi connectivity index (χ4v) is 4.10. The normalized spacial score (nSPS) is 11.6. The zero-order valence-electron chi connectivity index (χ0n) is 16.3. The molecule has 5 nitrogen and oxygen atoms in total. The molecule has 0 atom stereocenters. The van der Waals surface area contributed by atoms with Crippen LogP contribution in [-0.2, 0) is 10.0 Å². The van der Waals surface area contributed by atoms with Crippen LogP contribution in [0.3, 0.4) is 0 Å². The monoisotopic (exact) mass is 415 g/mol. The minimum Gasteiger partial charge on any atom is -0.508 e. The van der Waals surface area contributed by atoms with E-state index in [2.05, 4.69) is 4.72 Å². The van der Waals surface area contributed by atoms with E-state index in [1.807, 2.05) is 20.8 Å². The molecule has 0 aliphatic heterocycles. The zero-order chi connectivity index (χ0) is 21.3. The number of hydrogen-bond acceptors (Lipinski definition) is 4. The summed E-state index contributed by atoms with van der Waals surface area (Å²) in [5.74, 6) is -0.973. The Morgan fingerprint density at radius 1 is 0.897 bits per heavy atom. The molecule has 0 aromatic heterocycles. The predicted octanol–water partition coefficient (Wildman–Crippen LogP) is 5.14. The molecule has 0 saturated heterocycles. The van der Waals surface area contributed by atoms with Crippen LogP contribution in [-0.4, -0.2) is 18.6 Å². The first kappa shape index (κ1) is 20.7. The van der Waals surface area contributed by atoms with Crippen molar-refractivity contribution in [1.29, 1.82) is 0 Å². The number of phenolic OH excluding ortho intramolecular Hbond substituents is 2. The van der Waals surface area contributed by atoms with Gasteiger partial charge in [0.1, 0.15) is 17.3 Å². The highest BCUT2D eigenvalue weighted by Crippen LogP contribution is 2.41. The summed E-state index contributed by atoms with van der Waals surface area (Å²) in [6.07, 6.45) is 0. The van der Waals surface area contributed by atoms with Crippen molar-refractivity contribution in [3.8, 4) is 22.6 Å². The minimum atomic E-state index is -3.97. The molecule has 3 aromatic rings. The summed E-state index contributed by atoms with van der Waals surface area (Å²) in [5, 5.41) is 20.4. The van der Waals surface area contributed by atoms with E-state index in [-0.39, 0.29) is 33.6 Å². The Hall–Kier alpha value is -3.06. The van der Waals surface area contributed by atoms with Crippen molar-refractivity contribution in [2.75, 3.05) is 4.72 Å². The van der Waals surface area contributed by atoms with Gasteiger partial charge in [0.05, 0.1) is 10.6 Å². The maximum absolute atomic E-state index is 13.9. The largest absolute Gasteiger partial charge is 0.508 e. The summed E-state index contributed by atoms with van der Waals surface area (Å²) >= 11 is 0. The van der Waals surface area contributed by atoms with Gasteiger partial charge in [-0.2, -0.15) is 0 Å². The first-order chi connectivity index (χ1) is 13.6. The van der Waals surface area contributed by atoms with Crippen molar-refractivity contribution in [2.24, 2.45) is 0 Å². The Kier molecular flexibility index (Phi) is 5.53. The minimum absolute atomic E-state index is 0.0127. The molecule has 7 heteroatoms. The molecule has 29 heavy (non-hydrogen) atoms. The number of benzene rings is 3. The maximum Gasteiger partial charge on any atom is 0.261 e. The molecule has 0 unspecified atom stereocenters. The highest BCUT2D eigenvalue weighted by atomic mass is 32.2. The van der Waals surface area contributed by atoms with Crippen LogP contribution in [0, 0.1) is 12.7 Å². The summed E-state index contributed by atoms with van der Waals surface area (Å²) in [7, 11) is -3.97. The molecule has 3 N–H and O–H groups in total. The number of nitrogens with one attached hydrogen (secondary N) is 1. The van der Waals surface area contributed by atoms with E-state index < -0.39 is 15.8 Å². The third-order valence-corrected chi connectivity index (χ3v) is 6.00. The number of sulfonamides is 1. The van der Waals surface area contributed by atoms with E-state index in [1.165, 1.54) is 30.3 Å². The van der Waals surface area contributed by atoms with Gasteiger partial charge in [-0.1, -0.05) is 31.5 Å². The van der Waals surface area contributed by atoms with Crippen LogP contribution in [0.1, 0.15) is 30.9 Å². The van der Waals surface area contributed by atoms with Gasteiger partial charge in [0, 0.05) is 17.2 Å². The van der Waals surface area contributed by atoms with E-state index in [4.69, 9.17) is 0 Å². The first-order valence-electron chi connectivity index (χ1n) is 9.04. The molecule has 0 bridgehead atoms. The van der Waals surface area contributed by atoms with Gasteiger partial charge in [-0.05, 0) is 54.8 Å². The molecule has 0 saturated carbocycles. The van der Waals surface area contributed by atoms with Crippen LogP contribution in [0.4, 0.5) is 10.1 Å².